The van der Waals surface area contributed by atoms with Crippen LogP contribution >= 0.6 is 23.4 Å². The van der Waals surface area contributed by atoms with E-state index in [2.05, 4.69) is 10.1 Å². The maximum Gasteiger partial charge on any atom is 0.283 e. The van der Waals surface area contributed by atoms with Gasteiger partial charge in [-0.15, -0.1) is 0 Å². The van der Waals surface area contributed by atoms with Gasteiger partial charge in [0.25, 0.3) is 5.91 Å². The average Bonchev–Trinajstić information content (AvgIpc) is 3.38. The van der Waals surface area contributed by atoms with E-state index in [-0.39, 0.29) is 18.0 Å². The maximum absolute atomic E-state index is 12.9. The Morgan fingerprint density at radius 1 is 0.975 bits per heavy atom. The van der Waals surface area contributed by atoms with Gasteiger partial charge < -0.3 is 18.9 Å². The van der Waals surface area contributed by atoms with Gasteiger partial charge in [0.05, 0.1) is 24.3 Å². The van der Waals surface area contributed by atoms with Crippen molar-refractivity contribution in [1.29, 1.82) is 5.41 Å². The Morgan fingerprint density at radius 3 is 2.58 bits per heavy atom. The van der Waals surface area contributed by atoms with Crippen LogP contribution in [0.5, 0.6) is 23.0 Å². The van der Waals surface area contributed by atoms with E-state index in [4.69, 9.17) is 36.0 Å². The van der Waals surface area contributed by atoms with Crippen LogP contribution in [-0.2, 0) is 4.79 Å². The number of nitrogens with one attached hydrogen (secondary N) is 1. The van der Waals surface area contributed by atoms with Crippen molar-refractivity contribution in [3.05, 3.63) is 88.5 Å². The molecule has 0 atom stereocenters. The summed E-state index contributed by atoms with van der Waals surface area (Å²) >= 11 is 7.52. The lowest BCUT2D eigenvalue weighted by Gasteiger charge is -2.20. The number of methoxy groups -OCH3 is 1. The Balaban J connectivity index is 1.30. The summed E-state index contributed by atoms with van der Waals surface area (Å²) in [6, 6.07) is 19.9. The van der Waals surface area contributed by atoms with Crippen LogP contribution in [0, 0.1) is 5.41 Å². The van der Waals surface area contributed by atoms with Gasteiger partial charge in [0.1, 0.15) is 29.8 Å². The first-order valence-electron chi connectivity index (χ1n) is 12.4. The number of fused-ring (bicyclic) bond motifs is 1. The Morgan fingerprint density at radius 2 is 1.77 bits per heavy atom. The Hall–Kier alpha value is -4.28. The third-order valence-electron chi connectivity index (χ3n) is 5.79. The van der Waals surface area contributed by atoms with E-state index in [1.165, 1.54) is 16.8 Å². The number of amides is 1. The molecule has 9 nitrogen and oxygen atoms in total. The second-order valence-electron chi connectivity index (χ2n) is 8.42. The quantitative estimate of drug-likeness (QED) is 0.237. The third kappa shape index (κ3) is 5.98. The van der Waals surface area contributed by atoms with Crippen molar-refractivity contribution in [3.8, 4) is 23.0 Å². The van der Waals surface area contributed by atoms with E-state index in [1.807, 2.05) is 43.3 Å². The number of hydrogen-bond acceptors (Lipinski definition) is 8. The fourth-order valence-corrected chi connectivity index (χ4v) is 5.12. The van der Waals surface area contributed by atoms with E-state index in [0.29, 0.717) is 62.6 Å². The molecule has 11 heteroatoms. The van der Waals surface area contributed by atoms with Crippen LogP contribution in [0.15, 0.2) is 82.4 Å². The predicted molar refractivity (Wildman–Crippen MR) is 157 cm³/mol. The number of amidine groups is 2. The molecule has 0 fully saturated rings. The first-order chi connectivity index (χ1) is 19.5. The van der Waals surface area contributed by atoms with Crippen molar-refractivity contribution in [1.82, 2.24) is 5.01 Å². The molecule has 0 aliphatic carbocycles. The fourth-order valence-electron chi connectivity index (χ4n) is 3.91. The van der Waals surface area contributed by atoms with Crippen LogP contribution in [0.4, 0.5) is 0 Å². The highest BCUT2D eigenvalue weighted by Crippen LogP contribution is 2.34. The summed E-state index contributed by atoms with van der Waals surface area (Å²) in [7, 11) is 1.60. The van der Waals surface area contributed by atoms with Crippen molar-refractivity contribution in [2.45, 2.75) is 6.92 Å². The molecule has 2 heterocycles. The van der Waals surface area contributed by atoms with E-state index >= 15 is 0 Å². The smallest absolute Gasteiger partial charge is 0.283 e. The molecule has 0 bridgehead atoms. The van der Waals surface area contributed by atoms with Crippen molar-refractivity contribution in [2.24, 2.45) is 10.1 Å². The summed E-state index contributed by atoms with van der Waals surface area (Å²) in [6.45, 7) is 2.90. The summed E-state index contributed by atoms with van der Waals surface area (Å²) in [5, 5.41) is 15.9. The molecule has 0 radical (unpaired) electrons. The summed E-state index contributed by atoms with van der Waals surface area (Å²) in [4.78, 5) is 17.0. The van der Waals surface area contributed by atoms with Crippen molar-refractivity contribution < 1.29 is 23.7 Å². The minimum atomic E-state index is -0.521. The average molecular weight is 577 g/mol. The highest BCUT2D eigenvalue weighted by Gasteiger charge is 2.36. The summed E-state index contributed by atoms with van der Waals surface area (Å²) in [5.74, 6) is 1.84. The molecule has 204 valence electrons. The molecule has 0 saturated carbocycles. The highest BCUT2D eigenvalue weighted by atomic mass is 35.5. The topological polar surface area (TPSA) is 106 Å². The number of benzene rings is 3. The second kappa shape index (κ2) is 12.3. The number of aliphatic imine (C=N–C) groups is 1. The van der Waals surface area contributed by atoms with Gasteiger partial charge in [-0.05, 0) is 60.7 Å². The predicted octanol–water partition coefficient (Wildman–Crippen LogP) is 5.87. The minimum Gasteiger partial charge on any atom is -0.497 e. The van der Waals surface area contributed by atoms with Crippen LogP contribution in [0.2, 0.25) is 5.02 Å². The SMILES string of the molecule is CCOc1cc(/C=C2\C(=N)N3N=C(c4ccccc4Cl)SC3=NC2=O)ccc1OCCOc1cccc(OC)c1. The number of rotatable bonds is 10. The number of halogens is 1. The van der Waals surface area contributed by atoms with E-state index in [0.717, 1.165) is 0 Å². The number of thioether (sulfide) groups is 1. The van der Waals surface area contributed by atoms with Gasteiger partial charge in [-0.3, -0.25) is 10.2 Å². The zero-order valence-corrected chi connectivity index (χ0v) is 23.3. The first kappa shape index (κ1) is 27.3. The van der Waals surface area contributed by atoms with E-state index < -0.39 is 5.91 Å². The number of carbonyl (C=O) groups is 1. The zero-order chi connectivity index (χ0) is 28.1. The molecule has 0 saturated heterocycles. The molecule has 2 aliphatic rings. The van der Waals surface area contributed by atoms with E-state index in [9.17, 15) is 4.79 Å². The number of hydrogen-bond donors (Lipinski definition) is 1. The van der Waals surface area contributed by atoms with Gasteiger partial charge >= 0.3 is 0 Å². The lowest BCUT2D eigenvalue weighted by molar-refractivity contribution is -0.114. The van der Waals surface area contributed by atoms with Crippen molar-refractivity contribution in [2.75, 3.05) is 26.9 Å². The van der Waals surface area contributed by atoms with Gasteiger partial charge in [-0.25, -0.2) is 0 Å². The van der Waals surface area contributed by atoms with Crippen molar-refractivity contribution in [3.63, 3.8) is 0 Å². The monoisotopic (exact) mass is 576 g/mol. The number of hydrazone groups is 1. The zero-order valence-electron chi connectivity index (χ0n) is 21.7. The summed E-state index contributed by atoms with van der Waals surface area (Å²) in [5.41, 5.74) is 1.47. The molecular formula is C29H25ClN4O5S. The van der Waals surface area contributed by atoms with Crippen LogP contribution in [0.3, 0.4) is 0 Å². The molecule has 0 unspecified atom stereocenters. The largest absolute Gasteiger partial charge is 0.497 e. The van der Waals surface area contributed by atoms with Crippen LogP contribution < -0.4 is 18.9 Å². The molecule has 1 N–H and O–H groups in total. The molecule has 40 heavy (non-hydrogen) atoms. The maximum atomic E-state index is 12.9. The standard InChI is InChI=1S/C29H25ClN4O5S/c1-3-37-25-16-18(11-12-24(25)39-14-13-38-20-8-6-7-19(17-20)36-2)15-22-26(31)34-29(32-27(22)35)40-28(33-34)21-9-4-5-10-23(21)30/h4-12,15-17,31H,3,13-14H2,1-2H3/b22-15+,31-26?. The lowest BCUT2D eigenvalue weighted by Crippen LogP contribution is -2.35. The van der Waals surface area contributed by atoms with Gasteiger partial charge in [0.2, 0.25) is 5.17 Å². The molecule has 3 aromatic carbocycles. The molecule has 2 aliphatic heterocycles. The lowest BCUT2D eigenvalue weighted by atomic mass is 10.1. The van der Waals surface area contributed by atoms with Crippen molar-refractivity contribution >= 4 is 51.4 Å². The first-order valence-corrected chi connectivity index (χ1v) is 13.6. The molecular weight excluding hydrogens is 552 g/mol. The van der Waals surface area contributed by atoms with E-state index in [1.54, 1.807) is 43.5 Å². The van der Waals surface area contributed by atoms with Gasteiger partial charge in [0, 0.05) is 11.6 Å². The van der Waals surface area contributed by atoms with Crippen LogP contribution in [0.25, 0.3) is 6.08 Å². The fraction of sp³-hybridized carbons (Fsp3) is 0.172. The highest BCUT2D eigenvalue weighted by molar-refractivity contribution is 8.27. The van der Waals surface area contributed by atoms with Gasteiger partial charge in [0.15, 0.2) is 17.3 Å². The molecule has 5 rings (SSSR count). The number of nitrogens with zero attached hydrogens (tertiary/aromatic N) is 3. The molecule has 0 spiro atoms. The molecule has 3 aromatic rings. The third-order valence-corrected chi connectivity index (χ3v) is 7.06. The minimum absolute atomic E-state index is 0.0717. The second-order valence-corrected chi connectivity index (χ2v) is 9.78. The number of carbonyl (C=O) groups excluding carboxylic acids is 1. The Bertz CT molecular complexity index is 1550. The normalized spacial score (nSPS) is 15.5. The Kier molecular flexibility index (Phi) is 8.37. The Labute approximate surface area is 240 Å². The van der Waals surface area contributed by atoms with Crippen LogP contribution in [0.1, 0.15) is 18.1 Å². The van der Waals surface area contributed by atoms with Gasteiger partial charge in [-0.1, -0.05) is 41.9 Å². The number of ether oxygens (including phenoxy) is 4. The molecule has 1 amide bonds. The summed E-state index contributed by atoms with van der Waals surface area (Å²) in [6.07, 6.45) is 1.59. The van der Waals surface area contributed by atoms with Gasteiger partial charge in [-0.2, -0.15) is 15.1 Å². The molecule has 0 aromatic heterocycles. The summed E-state index contributed by atoms with van der Waals surface area (Å²) < 4.78 is 22.6. The van der Waals surface area contributed by atoms with Crippen LogP contribution in [-0.4, -0.2) is 53.9 Å².